The fraction of sp³-hybridized carbons (Fsp3) is 0.267. The first-order chi connectivity index (χ1) is 9.62. The first-order valence-corrected chi connectivity index (χ1v) is 6.18. The van der Waals surface area contributed by atoms with Crippen molar-refractivity contribution in [2.24, 2.45) is 0 Å². The minimum absolute atomic E-state index is 0.166. The molecule has 1 aromatic heterocycles. The minimum Gasteiger partial charge on any atom is -0.497 e. The van der Waals surface area contributed by atoms with Crippen LogP contribution in [0.2, 0.25) is 0 Å². The summed E-state index contributed by atoms with van der Waals surface area (Å²) in [5.41, 5.74) is 1.38. The molecule has 2 rings (SSSR count). The molecular weight excluding hydrogens is 260 g/mol. The predicted molar refractivity (Wildman–Crippen MR) is 73.6 cm³/mol. The second kappa shape index (κ2) is 5.69. The quantitative estimate of drug-likeness (QED) is 0.908. The van der Waals surface area contributed by atoms with Gasteiger partial charge in [-0.3, -0.25) is 0 Å². The molecule has 20 heavy (non-hydrogen) atoms. The Morgan fingerprint density at radius 1 is 1.30 bits per heavy atom. The predicted octanol–water partition coefficient (Wildman–Crippen LogP) is 3.22. The van der Waals surface area contributed by atoms with E-state index in [1.165, 1.54) is 13.4 Å². The maximum atomic E-state index is 11.5. The molecule has 0 aliphatic carbocycles. The van der Waals surface area contributed by atoms with Crippen molar-refractivity contribution in [3.63, 3.8) is 0 Å². The second-order valence-corrected chi connectivity index (χ2v) is 4.19. The lowest BCUT2D eigenvalue weighted by atomic mass is 10.0. The number of carbonyl (C=O) groups is 1. The van der Waals surface area contributed by atoms with Gasteiger partial charge in [0, 0.05) is 5.56 Å². The number of ether oxygens (including phenoxy) is 2. The summed E-state index contributed by atoms with van der Waals surface area (Å²) in [4.78, 5) is 11.5. The van der Waals surface area contributed by atoms with E-state index in [4.69, 9.17) is 13.9 Å². The third kappa shape index (κ3) is 2.34. The van der Waals surface area contributed by atoms with Gasteiger partial charge >= 0.3 is 5.97 Å². The fourth-order valence-corrected chi connectivity index (χ4v) is 2.08. The number of carboxylic acids is 1. The van der Waals surface area contributed by atoms with E-state index in [9.17, 15) is 9.90 Å². The van der Waals surface area contributed by atoms with Crippen molar-refractivity contribution in [3.05, 3.63) is 35.6 Å². The van der Waals surface area contributed by atoms with Gasteiger partial charge in [-0.25, -0.2) is 4.79 Å². The van der Waals surface area contributed by atoms with Crippen LogP contribution in [0, 0.1) is 0 Å². The van der Waals surface area contributed by atoms with Crippen molar-refractivity contribution >= 4 is 5.97 Å². The zero-order valence-corrected chi connectivity index (χ0v) is 11.6. The van der Waals surface area contributed by atoms with E-state index in [0.717, 1.165) is 0 Å². The molecule has 5 heteroatoms. The van der Waals surface area contributed by atoms with E-state index >= 15 is 0 Å². The van der Waals surface area contributed by atoms with Gasteiger partial charge in [0.25, 0.3) is 0 Å². The lowest BCUT2D eigenvalue weighted by molar-refractivity contribution is 0.0696. The van der Waals surface area contributed by atoms with Gasteiger partial charge in [0.1, 0.15) is 17.1 Å². The van der Waals surface area contributed by atoms with Gasteiger partial charge in [0.05, 0.1) is 26.0 Å². The highest BCUT2D eigenvalue weighted by molar-refractivity contribution is 5.97. The highest BCUT2D eigenvalue weighted by atomic mass is 16.5. The topological polar surface area (TPSA) is 68.9 Å². The lowest BCUT2D eigenvalue weighted by Gasteiger charge is -2.09. The number of rotatable bonds is 5. The summed E-state index contributed by atoms with van der Waals surface area (Å²) in [6.07, 6.45) is 2.05. The molecule has 1 N–H and O–H groups in total. The number of aryl methyl sites for hydroxylation is 1. The van der Waals surface area contributed by atoms with E-state index in [1.54, 1.807) is 25.3 Å². The molecule has 0 radical (unpaired) electrons. The molecule has 0 saturated heterocycles. The molecule has 0 aliphatic heterocycles. The van der Waals surface area contributed by atoms with Crippen LogP contribution in [0.25, 0.3) is 11.3 Å². The van der Waals surface area contributed by atoms with Crippen LogP contribution in [0.1, 0.15) is 22.8 Å². The van der Waals surface area contributed by atoms with Crippen LogP contribution in [0.3, 0.4) is 0 Å². The molecule has 1 heterocycles. The normalized spacial score (nSPS) is 10.3. The Hall–Kier alpha value is -2.43. The third-order valence-corrected chi connectivity index (χ3v) is 3.11. The molecule has 0 spiro atoms. The van der Waals surface area contributed by atoms with Gasteiger partial charge in [0.2, 0.25) is 0 Å². The molecule has 1 aromatic carbocycles. The molecule has 0 fully saturated rings. The van der Waals surface area contributed by atoms with Gasteiger partial charge in [0.15, 0.2) is 5.76 Å². The van der Waals surface area contributed by atoms with Crippen molar-refractivity contribution in [3.8, 4) is 22.8 Å². The Kier molecular flexibility index (Phi) is 3.98. The maximum Gasteiger partial charge on any atom is 0.339 e. The summed E-state index contributed by atoms with van der Waals surface area (Å²) in [5.74, 6) is 0.400. The van der Waals surface area contributed by atoms with Crippen molar-refractivity contribution in [1.29, 1.82) is 0 Å². The van der Waals surface area contributed by atoms with Crippen LogP contribution in [0.5, 0.6) is 11.5 Å². The average molecular weight is 276 g/mol. The van der Waals surface area contributed by atoms with Crippen LogP contribution < -0.4 is 9.47 Å². The third-order valence-electron chi connectivity index (χ3n) is 3.11. The Morgan fingerprint density at radius 2 is 2.05 bits per heavy atom. The standard InChI is InChI=1S/C15H16O5/c1-4-9-8-20-14(13(9)15(16)17)11-7-10(18-2)5-6-12(11)19-3/h5-8H,4H2,1-3H3,(H,16,17). The van der Waals surface area contributed by atoms with Crippen LogP contribution >= 0.6 is 0 Å². The van der Waals surface area contributed by atoms with E-state index in [1.807, 2.05) is 6.92 Å². The van der Waals surface area contributed by atoms with Gasteiger partial charge in [-0.15, -0.1) is 0 Å². The van der Waals surface area contributed by atoms with E-state index in [0.29, 0.717) is 29.0 Å². The molecular formula is C15H16O5. The van der Waals surface area contributed by atoms with Crippen molar-refractivity contribution < 1.29 is 23.8 Å². The smallest absolute Gasteiger partial charge is 0.339 e. The van der Waals surface area contributed by atoms with Gasteiger partial charge in [-0.2, -0.15) is 0 Å². The lowest BCUT2D eigenvalue weighted by Crippen LogP contribution is -2.01. The highest BCUT2D eigenvalue weighted by Gasteiger charge is 2.23. The van der Waals surface area contributed by atoms with Crippen LogP contribution in [0.4, 0.5) is 0 Å². The Morgan fingerprint density at radius 3 is 2.60 bits per heavy atom. The summed E-state index contributed by atoms with van der Waals surface area (Å²) in [7, 11) is 3.07. The zero-order chi connectivity index (χ0) is 14.7. The molecule has 0 aliphatic rings. The molecule has 106 valence electrons. The first kappa shape index (κ1) is 14.0. The largest absolute Gasteiger partial charge is 0.497 e. The summed E-state index contributed by atoms with van der Waals surface area (Å²) in [6, 6.07) is 5.16. The molecule has 0 atom stereocenters. The molecule has 0 amide bonds. The zero-order valence-electron chi connectivity index (χ0n) is 11.6. The Labute approximate surface area is 116 Å². The average Bonchev–Trinajstić information content (AvgIpc) is 2.90. The number of benzene rings is 1. The van der Waals surface area contributed by atoms with Crippen LogP contribution in [-0.2, 0) is 6.42 Å². The summed E-state index contributed by atoms with van der Waals surface area (Å²) < 4.78 is 15.9. The molecule has 0 unspecified atom stereocenters. The Bertz CT molecular complexity index is 627. The van der Waals surface area contributed by atoms with Crippen LogP contribution in [0.15, 0.2) is 28.9 Å². The molecule has 0 saturated carbocycles. The SMILES string of the molecule is CCc1coc(-c2cc(OC)ccc2OC)c1C(=O)O. The summed E-state index contributed by atoms with van der Waals surface area (Å²) in [5, 5.41) is 9.39. The number of furan rings is 1. The second-order valence-electron chi connectivity index (χ2n) is 4.19. The fourth-order valence-electron chi connectivity index (χ4n) is 2.08. The van der Waals surface area contributed by atoms with Crippen molar-refractivity contribution in [2.75, 3.05) is 14.2 Å². The van der Waals surface area contributed by atoms with E-state index in [2.05, 4.69) is 0 Å². The summed E-state index contributed by atoms with van der Waals surface area (Å²) >= 11 is 0. The molecule has 5 nitrogen and oxygen atoms in total. The Balaban J connectivity index is 2.67. The summed E-state index contributed by atoms with van der Waals surface area (Å²) in [6.45, 7) is 1.88. The minimum atomic E-state index is -1.02. The van der Waals surface area contributed by atoms with Gasteiger partial charge in [-0.05, 0) is 24.6 Å². The van der Waals surface area contributed by atoms with E-state index < -0.39 is 5.97 Å². The number of aromatic carboxylic acids is 1. The van der Waals surface area contributed by atoms with Crippen molar-refractivity contribution in [2.45, 2.75) is 13.3 Å². The highest BCUT2D eigenvalue weighted by Crippen LogP contribution is 2.37. The van der Waals surface area contributed by atoms with Crippen LogP contribution in [-0.4, -0.2) is 25.3 Å². The van der Waals surface area contributed by atoms with Gasteiger partial charge < -0.3 is 19.0 Å². The number of hydrogen-bond donors (Lipinski definition) is 1. The van der Waals surface area contributed by atoms with Crippen molar-refractivity contribution in [1.82, 2.24) is 0 Å². The molecule has 2 aromatic rings. The number of carboxylic acid groups (broad SMARTS) is 1. The molecule has 0 bridgehead atoms. The van der Waals surface area contributed by atoms with E-state index in [-0.39, 0.29) is 11.3 Å². The maximum absolute atomic E-state index is 11.5. The number of hydrogen-bond acceptors (Lipinski definition) is 4. The number of methoxy groups -OCH3 is 2. The monoisotopic (exact) mass is 276 g/mol. The first-order valence-electron chi connectivity index (χ1n) is 6.18. The van der Waals surface area contributed by atoms with Gasteiger partial charge in [-0.1, -0.05) is 6.92 Å².